The first-order valence-corrected chi connectivity index (χ1v) is 5.10. The molecule has 1 aromatic rings. The Balaban J connectivity index is 0.000000423. The Bertz CT molecular complexity index is 337. The molecule has 1 heterocycles. The van der Waals surface area contributed by atoms with Crippen molar-refractivity contribution < 1.29 is 18.4 Å². The molecule has 0 saturated carbocycles. The summed E-state index contributed by atoms with van der Waals surface area (Å²) in [6, 6.07) is 3.66. The van der Waals surface area contributed by atoms with Gasteiger partial charge in [-0.2, -0.15) is 4.21 Å². The highest BCUT2D eigenvalue weighted by molar-refractivity contribution is 7.73. The second-order valence-corrected chi connectivity index (χ2v) is 3.09. The largest absolute Gasteiger partial charge is 0.387 e. The quantitative estimate of drug-likeness (QED) is 0.670. The highest BCUT2D eigenvalue weighted by atomic mass is 32.2. The van der Waals surface area contributed by atoms with Gasteiger partial charge in [0, 0.05) is 6.20 Å². The van der Waals surface area contributed by atoms with Crippen LogP contribution in [0.4, 0.5) is 0 Å². The van der Waals surface area contributed by atoms with Crippen LogP contribution in [0.3, 0.4) is 0 Å². The Labute approximate surface area is 90.6 Å². The van der Waals surface area contributed by atoms with Crippen molar-refractivity contribution in [3.05, 3.63) is 36.2 Å². The highest BCUT2D eigenvalue weighted by Gasteiger charge is 2.00. The normalized spacial score (nSPS) is 11.5. The highest BCUT2D eigenvalue weighted by Crippen LogP contribution is 2.10. The molecule has 0 bridgehead atoms. The van der Waals surface area contributed by atoms with Crippen molar-refractivity contribution in [3.8, 4) is 0 Å². The molecule has 15 heavy (non-hydrogen) atoms. The monoisotopic (exact) mass is 231 g/mol. The van der Waals surface area contributed by atoms with E-state index in [9.17, 15) is 0 Å². The summed E-state index contributed by atoms with van der Waals surface area (Å²) in [5.41, 5.74) is 1.67. The Morgan fingerprint density at radius 3 is 2.53 bits per heavy atom. The summed E-state index contributed by atoms with van der Waals surface area (Å²) in [4.78, 5) is 3.99. The number of pyridine rings is 1. The molecule has 1 unspecified atom stereocenters. The first kappa shape index (κ1) is 13.9. The summed E-state index contributed by atoms with van der Waals surface area (Å²) < 4.78 is 22.8. The minimum Gasteiger partial charge on any atom is -0.387 e. The predicted octanol–water partition coefficient (Wildman–Crippen LogP) is 1.46. The van der Waals surface area contributed by atoms with Crippen LogP contribution >= 0.6 is 0 Å². The van der Waals surface area contributed by atoms with Gasteiger partial charge in [0.25, 0.3) is 11.4 Å². The van der Waals surface area contributed by atoms with Crippen LogP contribution in [0, 0.1) is 0 Å². The fourth-order valence-corrected chi connectivity index (χ4v) is 0.821. The molecule has 84 valence electrons. The van der Waals surface area contributed by atoms with E-state index in [2.05, 4.69) is 11.6 Å². The lowest BCUT2D eigenvalue weighted by Crippen LogP contribution is -1.94. The molecule has 0 amide bonds. The van der Waals surface area contributed by atoms with Gasteiger partial charge in [0.1, 0.15) is 0 Å². The van der Waals surface area contributed by atoms with Gasteiger partial charge in [-0.15, -0.1) is 0 Å². The summed E-state index contributed by atoms with van der Waals surface area (Å²) in [7, 11) is 0. The van der Waals surface area contributed by atoms with E-state index < -0.39 is 17.5 Å². The molecule has 0 aliphatic heterocycles. The average molecular weight is 231 g/mol. The average Bonchev–Trinajstić information content (AvgIpc) is 2.17. The predicted molar refractivity (Wildman–Crippen MR) is 58.4 cm³/mol. The third-order valence-electron chi connectivity index (χ3n) is 1.47. The minimum absolute atomic E-state index is 0.505. The molecule has 0 radical (unpaired) electrons. The molecule has 1 aromatic heterocycles. The summed E-state index contributed by atoms with van der Waals surface area (Å²) in [5, 5.41) is 9.15. The number of hydrogen-bond donors (Lipinski definition) is 3. The topological polar surface area (TPSA) is 90.7 Å². The maximum absolute atomic E-state index is 9.15. The summed E-state index contributed by atoms with van der Waals surface area (Å²) >= 11 is -2.61. The zero-order chi connectivity index (χ0) is 11.8. The molecular weight excluding hydrogens is 218 g/mol. The molecule has 0 fully saturated rings. The standard InChI is InChI=1S/C9H11NO.H2O3S/c1-3-8-4-5-10-9(6-8)7(2)11;1-4(2)3/h3-7,11H,1H2,2H3;(H2,1,2,3). The van der Waals surface area contributed by atoms with Crippen LogP contribution in [0.15, 0.2) is 24.9 Å². The summed E-state index contributed by atoms with van der Waals surface area (Å²) in [6.45, 7) is 5.31. The maximum atomic E-state index is 9.15. The van der Waals surface area contributed by atoms with Crippen molar-refractivity contribution in [3.63, 3.8) is 0 Å². The van der Waals surface area contributed by atoms with Gasteiger partial charge < -0.3 is 5.11 Å². The van der Waals surface area contributed by atoms with Crippen LogP contribution in [-0.2, 0) is 11.4 Å². The van der Waals surface area contributed by atoms with E-state index >= 15 is 0 Å². The zero-order valence-electron chi connectivity index (χ0n) is 8.20. The summed E-state index contributed by atoms with van der Waals surface area (Å²) in [6.07, 6.45) is 2.89. The van der Waals surface area contributed by atoms with Crippen LogP contribution in [-0.4, -0.2) is 23.4 Å². The molecule has 1 atom stereocenters. The van der Waals surface area contributed by atoms with Gasteiger partial charge >= 0.3 is 0 Å². The molecule has 1 rings (SSSR count). The smallest absolute Gasteiger partial charge is 0.299 e. The van der Waals surface area contributed by atoms with E-state index in [0.717, 1.165) is 5.56 Å². The van der Waals surface area contributed by atoms with Gasteiger partial charge in [0.15, 0.2) is 0 Å². The van der Waals surface area contributed by atoms with Gasteiger partial charge in [-0.25, -0.2) is 0 Å². The fourth-order valence-electron chi connectivity index (χ4n) is 0.821. The lowest BCUT2D eigenvalue weighted by molar-refractivity contribution is 0.194. The lowest BCUT2D eigenvalue weighted by atomic mass is 10.2. The number of nitrogens with zero attached hydrogens (tertiary/aromatic N) is 1. The van der Waals surface area contributed by atoms with Gasteiger partial charge in [-0.3, -0.25) is 14.1 Å². The number of aliphatic hydroxyl groups excluding tert-OH is 1. The van der Waals surface area contributed by atoms with Crippen molar-refractivity contribution in [1.82, 2.24) is 4.98 Å². The number of hydrogen-bond acceptors (Lipinski definition) is 3. The van der Waals surface area contributed by atoms with Crippen molar-refractivity contribution in [2.75, 3.05) is 0 Å². The van der Waals surface area contributed by atoms with Gasteiger partial charge in [-0.05, 0) is 24.6 Å². The zero-order valence-corrected chi connectivity index (χ0v) is 9.02. The third-order valence-corrected chi connectivity index (χ3v) is 1.47. The van der Waals surface area contributed by atoms with Crippen LogP contribution in [0.1, 0.15) is 24.3 Å². The van der Waals surface area contributed by atoms with Gasteiger partial charge in [0.2, 0.25) is 0 Å². The molecule has 5 nitrogen and oxygen atoms in total. The number of aliphatic hydroxyl groups is 1. The second kappa shape index (κ2) is 7.24. The van der Waals surface area contributed by atoms with E-state index in [0.29, 0.717) is 5.69 Å². The Hall–Kier alpha value is -1.08. The van der Waals surface area contributed by atoms with Crippen LogP contribution in [0.2, 0.25) is 0 Å². The Morgan fingerprint density at radius 1 is 1.60 bits per heavy atom. The van der Waals surface area contributed by atoms with E-state index in [1.807, 2.05) is 12.1 Å². The lowest BCUT2D eigenvalue weighted by Gasteiger charge is -2.02. The van der Waals surface area contributed by atoms with Crippen molar-refractivity contribution >= 4 is 17.4 Å². The van der Waals surface area contributed by atoms with E-state index in [1.165, 1.54) is 0 Å². The van der Waals surface area contributed by atoms with Crippen molar-refractivity contribution in [2.45, 2.75) is 13.0 Å². The molecular formula is C9H13NO4S. The molecule has 0 aliphatic carbocycles. The van der Waals surface area contributed by atoms with E-state index in [-0.39, 0.29) is 0 Å². The number of aromatic nitrogens is 1. The third kappa shape index (κ3) is 6.92. The first-order chi connectivity index (χ1) is 6.97. The van der Waals surface area contributed by atoms with Crippen LogP contribution in [0.25, 0.3) is 6.08 Å². The fraction of sp³-hybridized carbons (Fsp3) is 0.222. The second-order valence-electron chi connectivity index (χ2n) is 2.62. The molecule has 3 N–H and O–H groups in total. The molecule has 0 aromatic carbocycles. The molecule has 6 heteroatoms. The van der Waals surface area contributed by atoms with Crippen LogP contribution in [0.5, 0.6) is 0 Å². The molecule has 0 spiro atoms. The van der Waals surface area contributed by atoms with Crippen molar-refractivity contribution in [1.29, 1.82) is 0 Å². The van der Waals surface area contributed by atoms with Crippen molar-refractivity contribution in [2.24, 2.45) is 0 Å². The minimum atomic E-state index is -2.61. The van der Waals surface area contributed by atoms with E-state index in [1.54, 1.807) is 19.2 Å². The Kier molecular flexibility index (Phi) is 6.72. The first-order valence-electron chi connectivity index (χ1n) is 4.03. The maximum Gasteiger partial charge on any atom is 0.299 e. The summed E-state index contributed by atoms with van der Waals surface area (Å²) in [5.74, 6) is 0. The molecule has 0 aliphatic rings. The van der Waals surface area contributed by atoms with Gasteiger partial charge in [0.05, 0.1) is 11.8 Å². The molecule has 0 saturated heterocycles. The van der Waals surface area contributed by atoms with Crippen LogP contribution < -0.4 is 0 Å². The van der Waals surface area contributed by atoms with E-state index in [4.69, 9.17) is 18.4 Å². The van der Waals surface area contributed by atoms with Gasteiger partial charge in [-0.1, -0.05) is 12.7 Å². The SMILES string of the molecule is C=Cc1ccnc(C(C)O)c1.O=S(O)O. The number of rotatable bonds is 2. The Morgan fingerprint density at radius 2 is 2.13 bits per heavy atom.